The average molecular weight is 256 g/mol. The van der Waals surface area contributed by atoms with E-state index in [2.05, 4.69) is 38.5 Å². The fourth-order valence-corrected chi connectivity index (χ4v) is 2.27. The van der Waals surface area contributed by atoms with E-state index in [-0.39, 0.29) is 0 Å². The van der Waals surface area contributed by atoms with Crippen LogP contribution in [0.15, 0.2) is 16.6 Å². The lowest BCUT2D eigenvalue weighted by Crippen LogP contribution is -2.25. The first-order valence-electron chi connectivity index (χ1n) is 4.76. The van der Waals surface area contributed by atoms with E-state index in [0.29, 0.717) is 6.04 Å². The molecule has 0 amide bonds. The Kier molecular flexibility index (Phi) is 2.74. The van der Waals surface area contributed by atoms with Crippen LogP contribution in [0.5, 0.6) is 0 Å². The molecule has 1 aromatic rings. The third-order valence-corrected chi connectivity index (χ3v) is 3.57. The number of aromatic nitrogens is 2. The highest BCUT2D eigenvalue weighted by Gasteiger charge is 2.16. The Morgan fingerprint density at radius 2 is 2.50 bits per heavy atom. The highest BCUT2D eigenvalue weighted by molar-refractivity contribution is 9.10. The standard InChI is InChI=1S/C10H14BrN3/c1-7-10(11)9(14(2)13-7)6-8-4-3-5-12-8/h3-4,8,12H,5-6H2,1-2H3. The molecule has 0 fully saturated rings. The summed E-state index contributed by atoms with van der Waals surface area (Å²) < 4.78 is 3.09. The summed E-state index contributed by atoms with van der Waals surface area (Å²) in [5.41, 5.74) is 2.32. The molecule has 0 saturated heterocycles. The summed E-state index contributed by atoms with van der Waals surface area (Å²) in [6.45, 7) is 3.00. The van der Waals surface area contributed by atoms with E-state index in [4.69, 9.17) is 0 Å². The topological polar surface area (TPSA) is 29.9 Å². The minimum Gasteiger partial charge on any atom is -0.307 e. The van der Waals surface area contributed by atoms with Gasteiger partial charge >= 0.3 is 0 Å². The van der Waals surface area contributed by atoms with Gasteiger partial charge in [0.1, 0.15) is 0 Å². The molecule has 1 aliphatic heterocycles. The lowest BCUT2D eigenvalue weighted by molar-refractivity contribution is 0.616. The Bertz CT molecular complexity index is 368. The molecule has 1 atom stereocenters. The van der Waals surface area contributed by atoms with Crippen LogP contribution in [0, 0.1) is 6.92 Å². The van der Waals surface area contributed by atoms with E-state index in [0.717, 1.165) is 23.1 Å². The van der Waals surface area contributed by atoms with Gasteiger partial charge in [0.25, 0.3) is 0 Å². The second kappa shape index (κ2) is 3.87. The van der Waals surface area contributed by atoms with Gasteiger partial charge in [0.15, 0.2) is 0 Å². The number of hydrogen-bond acceptors (Lipinski definition) is 2. The molecule has 1 N–H and O–H groups in total. The zero-order valence-corrected chi connectivity index (χ0v) is 10.0. The van der Waals surface area contributed by atoms with Crippen LogP contribution in [-0.4, -0.2) is 22.4 Å². The van der Waals surface area contributed by atoms with Crippen molar-refractivity contribution >= 4 is 15.9 Å². The Morgan fingerprint density at radius 3 is 3.00 bits per heavy atom. The maximum Gasteiger partial charge on any atom is 0.0738 e. The van der Waals surface area contributed by atoms with Crippen LogP contribution in [0.1, 0.15) is 11.4 Å². The van der Waals surface area contributed by atoms with Gasteiger partial charge in [-0.25, -0.2) is 0 Å². The fraction of sp³-hybridized carbons (Fsp3) is 0.500. The molecular weight excluding hydrogens is 242 g/mol. The zero-order valence-electron chi connectivity index (χ0n) is 8.42. The van der Waals surface area contributed by atoms with E-state index in [1.165, 1.54) is 5.69 Å². The van der Waals surface area contributed by atoms with E-state index in [9.17, 15) is 0 Å². The number of hydrogen-bond donors (Lipinski definition) is 1. The third-order valence-electron chi connectivity index (χ3n) is 2.54. The summed E-state index contributed by atoms with van der Waals surface area (Å²) in [6, 6.07) is 0.459. The SMILES string of the molecule is Cc1nn(C)c(CC2C=CCN2)c1Br. The predicted octanol–water partition coefficient (Wildman–Crippen LogP) is 1.56. The number of halogens is 1. The van der Waals surface area contributed by atoms with Crippen LogP contribution >= 0.6 is 15.9 Å². The minimum atomic E-state index is 0.459. The Hall–Kier alpha value is -0.610. The zero-order chi connectivity index (χ0) is 10.1. The highest BCUT2D eigenvalue weighted by atomic mass is 79.9. The van der Waals surface area contributed by atoms with Gasteiger partial charge < -0.3 is 5.32 Å². The molecule has 0 aromatic carbocycles. The molecule has 14 heavy (non-hydrogen) atoms. The average Bonchev–Trinajstić information content (AvgIpc) is 2.71. The number of aryl methyl sites for hydroxylation is 2. The maximum absolute atomic E-state index is 4.37. The van der Waals surface area contributed by atoms with Crippen LogP contribution in [0.25, 0.3) is 0 Å². The molecule has 1 aromatic heterocycles. The highest BCUT2D eigenvalue weighted by Crippen LogP contribution is 2.22. The van der Waals surface area contributed by atoms with Crippen molar-refractivity contribution in [2.24, 2.45) is 7.05 Å². The summed E-state index contributed by atoms with van der Waals surface area (Å²) >= 11 is 3.57. The summed E-state index contributed by atoms with van der Waals surface area (Å²) in [5.74, 6) is 0. The molecule has 0 radical (unpaired) electrons. The largest absolute Gasteiger partial charge is 0.307 e. The van der Waals surface area contributed by atoms with Gasteiger partial charge in [-0.15, -0.1) is 0 Å². The number of nitrogens with one attached hydrogen (secondary N) is 1. The monoisotopic (exact) mass is 255 g/mol. The van der Waals surface area contributed by atoms with Gasteiger partial charge in [-0.1, -0.05) is 12.2 Å². The molecule has 0 spiro atoms. The van der Waals surface area contributed by atoms with Crippen LogP contribution in [0.3, 0.4) is 0 Å². The van der Waals surface area contributed by atoms with Crippen molar-refractivity contribution in [1.82, 2.24) is 15.1 Å². The van der Waals surface area contributed by atoms with Crippen LogP contribution in [0.4, 0.5) is 0 Å². The summed E-state index contributed by atoms with van der Waals surface area (Å²) in [7, 11) is 1.99. The van der Waals surface area contributed by atoms with Gasteiger partial charge in [-0.05, 0) is 22.9 Å². The van der Waals surface area contributed by atoms with Gasteiger partial charge in [0.2, 0.25) is 0 Å². The van der Waals surface area contributed by atoms with Gasteiger partial charge in [0, 0.05) is 26.1 Å². The third kappa shape index (κ3) is 1.77. The van der Waals surface area contributed by atoms with Crippen LogP contribution < -0.4 is 5.32 Å². The molecule has 1 unspecified atom stereocenters. The molecule has 0 aliphatic carbocycles. The van der Waals surface area contributed by atoms with Crippen LogP contribution in [0.2, 0.25) is 0 Å². The Labute approximate surface area is 92.3 Å². The second-order valence-electron chi connectivity index (χ2n) is 3.62. The molecular formula is C10H14BrN3. The van der Waals surface area contributed by atoms with E-state index in [1.807, 2.05) is 18.7 Å². The summed E-state index contributed by atoms with van der Waals surface area (Å²) in [5, 5.41) is 7.77. The van der Waals surface area contributed by atoms with Crippen molar-refractivity contribution in [3.8, 4) is 0 Å². The Morgan fingerprint density at radius 1 is 1.71 bits per heavy atom. The molecule has 1 aliphatic rings. The smallest absolute Gasteiger partial charge is 0.0738 e. The van der Waals surface area contributed by atoms with Crippen molar-refractivity contribution in [3.63, 3.8) is 0 Å². The number of nitrogens with zero attached hydrogens (tertiary/aromatic N) is 2. The Balaban J connectivity index is 2.19. The summed E-state index contributed by atoms with van der Waals surface area (Å²) in [4.78, 5) is 0. The van der Waals surface area contributed by atoms with Gasteiger partial charge in [0.05, 0.1) is 15.9 Å². The molecule has 2 heterocycles. The van der Waals surface area contributed by atoms with E-state index < -0.39 is 0 Å². The molecule has 0 bridgehead atoms. The van der Waals surface area contributed by atoms with Crippen molar-refractivity contribution in [1.29, 1.82) is 0 Å². The van der Waals surface area contributed by atoms with Crippen molar-refractivity contribution in [3.05, 3.63) is 28.0 Å². The first-order chi connectivity index (χ1) is 6.68. The van der Waals surface area contributed by atoms with E-state index in [1.54, 1.807) is 0 Å². The molecule has 0 saturated carbocycles. The van der Waals surface area contributed by atoms with E-state index >= 15 is 0 Å². The minimum absolute atomic E-state index is 0.459. The quantitative estimate of drug-likeness (QED) is 0.814. The van der Waals surface area contributed by atoms with Gasteiger partial charge in [-0.3, -0.25) is 4.68 Å². The maximum atomic E-state index is 4.37. The molecule has 3 nitrogen and oxygen atoms in total. The van der Waals surface area contributed by atoms with Crippen molar-refractivity contribution in [2.45, 2.75) is 19.4 Å². The normalized spacial score (nSPS) is 20.6. The molecule has 4 heteroatoms. The lowest BCUT2D eigenvalue weighted by atomic mass is 10.1. The van der Waals surface area contributed by atoms with Gasteiger partial charge in [-0.2, -0.15) is 5.10 Å². The molecule has 76 valence electrons. The summed E-state index contributed by atoms with van der Waals surface area (Å²) in [6.07, 6.45) is 5.38. The molecule has 2 rings (SSSR count). The lowest BCUT2D eigenvalue weighted by Gasteiger charge is -2.09. The second-order valence-corrected chi connectivity index (χ2v) is 4.41. The van der Waals surface area contributed by atoms with Crippen molar-refractivity contribution in [2.75, 3.05) is 6.54 Å². The van der Waals surface area contributed by atoms with Crippen LogP contribution in [-0.2, 0) is 13.5 Å². The number of rotatable bonds is 2. The first kappa shape index (κ1) is 9.93. The van der Waals surface area contributed by atoms with Crippen molar-refractivity contribution < 1.29 is 0 Å². The fourth-order valence-electron chi connectivity index (χ4n) is 1.77. The first-order valence-corrected chi connectivity index (χ1v) is 5.56. The predicted molar refractivity (Wildman–Crippen MR) is 60.3 cm³/mol.